The van der Waals surface area contributed by atoms with E-state index in [1.165, 1.54) is 0 Å². The second-order valence-corrected chi connectivity index (χ2v) is 3.63. The first-order valence-corrected chi connectivity index (χ1v) is 5.10. The number of amidine groups is 1. The second kappa shape index (κ2) is 4.31. The van der Waals surface area contributed by atoms with Gasteiger partial charge in [-0.05, 0) is 25.1 Å². The predicted octanol–water partition coefficient (Wildman–Crippen LogP) is 0.459. The average molecular weight is 205 g/mol. The molecule has 1 aliphatic heterocycles. The van der Waals surface area contributed by atoms with E-state index in [9.17, 15) is 5.11 Å². The van der Waals surface area contributed by atoms with Crippen molar-refractivity contribution in [1.29, 1.82) is 0 Å². The first-order valence-electron chi connectivity index (χ1n) is 5.10. The molecule has 0 aromatic heterocycles. The van der Waals surface area contributed by atoms with Gasteiger partial charge in [0.2, 0.25) is 0 Å². The first-order chi connectivity index (χ1) is 7.31. The summed E-state index contributed by atoms with van der Waals surface area (Å²) in [4.78, 5) is 4.36. The number of hydrogen-bond acceptors (Lipinski definition) is 4. The minimum absolute atomic E-state index is 0.261. The number of aromatic hydroxyl groups is 1. The molecule has 0 bridgehead atoms. The molecule has 0 spiro atoms. The molecular weight excluding hydrogens is 190 g/mol. The zero-order valence-corrected chi connectivity index (χ0v) is 8.48. The molecule has 0 radical (unpaired) electrons. The largest absolute Gasteiger partial charge is 0.507 e. The number of phenolic OH excluding ortho intramolecular Hbond substituents is 1. The van der Waals surface area contributed by atoms with E-state index in [1.54, 1.807) is 12.1 Å². The average Bonchev–Trinajstić information content (AvgIpc) is 2.68. The van der Waals surface area contributed by atoms with Crippen LogP contribution in [0.4, 0.5) is 0 Å². The quantitative estimate of drug-likeness (QED) is 0.671. The zero-order chi connectivity index (χ0) is 10.7. The Morgan fingerprint density at radius 2 is 2.27 bits per heavy atom. The number of nitrogens with zero attached hydrogens (tertiary/aromatic N) is 1. The van der Waals surface area contributed by atoms with Crippen LogP contribution >= 0.6 is 0 Å². The van der Waals surface area contributed by atoms with Crippen LogP contribution in [0.2, 0.25) is 0 Å². The van der Waals surface area contributed by atoms with E-state index in [0.717, 1.165) is 24.4 Å². The molecule has 0 aliphatic carbocycles. The molecule has 80 valence electrons. The number of rotatable bonds is 3. The van der Waals surface area contributed by atoms with Gasteiger partial charge in [0.05, 0.1) is 12.1 Å². The molecule has 4 N–H and O–H groups in total. The summed E-state index contributed by atoms with van der Waals surface area (Å²) in [5.74, 6) is 1.03. The fraction of sp³-hybridized carbons (Fsp3) is 0.364. The van der Waals surface area contributed by atoms with Crippen LogP contribution in [0.1, 0.15) is 12.0 Å². The molecule has 1 atom stereocenters. The molecule has 1 aliphatic rings. The van der Waals surface area contributed by atoms with E-state index in [2.05, 4.69) is 10.3 Å². The van der Waals surface area contributed by atoms with E-state index in [4.69, 9.17) is 5.73 Å². The van der Waals surface area contributed by atoms with Gasteiger partial charge >= 0.3 is 0 Å². The van der Waals surface area contributed by atoms with Crippen LogP contribution in [-0.2, 0) is 0 Å². The Balaban J connectivity index is 2.11. The van der Waals surface area contributed by atoms with E-state index >= 15 is 0 Å². The monoisotopic (exact) mass is 205 g/mol. The SMILES string of the molecule is NCCC1CN=C(c2ccccc2O)N1. The molecular formula is C11H15N3O. The summed E-state index contributed by atoms with van der Waals surface area (Å²) < 4.78 is 0. The third-order valence-electron chi connectivity index (χ3n) is 2.48. The van der Waals surface area contributed by atoms with E-state index in [0.29, 0.717) is 12.6 Å². The Bertz CT molecular complexity index is 376. The van der Waals surface area contributed by atoms with Crippen molar-refractivity contribution in [2.75, 3.05) is 13.1 Å². The van der Waals surface area contributed by atoms with Crippen LogP contribution < -0.4 is 11.1 Å². The highest BCUT2D eigenvalue weighted by atomic mass is 16.3. The van der Waals surface area contributed by atoms with Gasteiger partial charge in [-0.25, -0.2) is 0 Å². The van der Waals surface area contributed by atoms with E-state index in [-0.39, 0.29) is 5.75 Å². The van der Waals surface area contributed by atoms with E-state index in [1.807, 2.05) is 12.1 Å². The number of para-hydroxylation sites is 1. The first kappa shape index (κ1) is 9.98. The van der Waals surface area contributed by atoms with Gasteiger partial charge in [0.25, 0.3) is 0 Å². The zero-order valence-electron chi connectivity index (χ0n) is 8.48. The summed E-state index contributed by atoms with van der Waals surface area (Å²) in [7, 11) is 0. The van der Waals surface area contributed by atoms with Crippen molar-refractivity contribution in [1.82, 2.24) is 5.32 Å². The fourth-order valence-corrected chi connectivity index (χ4v) is 1.69. The summed E-state index contributed by atoms with van der Waals surface area (Å²) in [6.07, 6.45) is 0.903. The van der Waals surface area contributed by atoms with Crippen LogP contribution in [0.25, 0.3) is 0 Å². The lowest BCUT2D eigenvalue weighted by Gasteiger charge is -2.10. The molecule has 0 amide bonds. The summed E-state index contributed by atoms with van der Waals surface area (Å²) in [6, 6.07) is 7.51. The Morgan fingerprint density at radius 3 is 3.00 bits per heavy atom. The lowest BCUT2D eigenvalue weighted by molar-refractivity contribution is 0.474. The van der Waals surface area contributed by atoms with Crippen molar-refractivity contribution in [3.8, 4) is 5.75 Å². The Morgan fingerprint density at radius 1 is 1.47 bits per heavy atom. The Labute approximate surface area is 88.8 Å². The van der Waals surface area contributed by atoms with Crippen LogP contribution in [0.15, 0.2) is 29.3 Å². The van der Waals surface area contributed by atoms with Crippen molar-refractivity contribution in [2.24, 2.45) is 10.7 Å². The smallest absolute Gasteiger partial charge is 0.132 e. The van der Waals surface area contributed by atoms with Crippen molar-refractivity contribution in [3.63, 3.8) is 0 Å². The standard InChI is InChI=1S/C11H15N3O/c12-6-5-8-7-13-11(14-8)9-3-1-2-4-10(9)15/h1-4,8,15H,5-7,12H2,(H,13,14). The number of phenols is 1. The summed E-state index contributed by atoms with van der Waals surface area (Å²) >= 11 is 0. The minimum atomic E-state index is 0.261. The molecule has 1 heterocycles. The van der Waals surface area contributed by atoms with Crippen LogP contribution in [0.3, 0.4) is 0 Å². The molecule has 1 aromatic carbocycles. The minimum Gasteiger partial charge on any atom is -0.507 e. The van der Waals surface area contributed by atoms with Gasteiger partial charge < -0.3 is 16.2 Å². The third-order valence-corrected chi connectivity index (χ3v) is 2.48. The van der Waals surface area contributed by atoms with Gasteiger partial charge in [-0.2, -0.15) is 0 Å². The number of aliphatic imine (C=N–C) groups is 1. The number of benzene rings is 1. The maximum Gasteiger partial charge on any atom is 0.132 e. The normalized spacial score (nSPS) is 19.8. The lowest BCUT2D eigenvalue weighted by atomic mass is 10.1. The van der Waals surface area contributed by atoms with Crippen LogP contribution in [-0.4, -0.2) is 30.1 Å². The topological polar surface area (TPSA) is 70.6 Å². The number of nitrogens with one attached hydrogen (secondary N) is 1. The van der Waals surface area contributed by atoms with Gasteiger partial charge in [0.15, 0.2) is 0 Å². The maximum absolute atomic E-state index is 9.64. The van der Waals surface area contributed by atoms with Crippen LogP contribution in [0.5, 0.6) is 5.75 Å². The molecule has 0 saturated carbocycles. The van der Waals surface area contributed by atoms with Gasteiger partial charge in [-0.15, -0.1) is 0 Å². The van der Waals surface area contributed by atoms with Gasteiger partial charge in [0.1, 0.15) is 11.6 Å². The molecule has 2 rings (SSSR count). The van der Waals surface area contributed by atoms with E-state index < -0.39 is 0 Å². The van der Waals surface area contributed by atoms with Crippen molar-refractivity contribution < 1.29 is 5.11 Å². The van der Waals surface area contributed by atoms with Gasteiger partial charge in [0, 0.05) is 6.04 Å². The highest BCUT2D eigenvalue weighted by Gasteiger charge is 2.19. The lowest BCUT2D eigenvalue weighted by Crippen LogP contribution is -2.32. The highest BCUT2D eigenvalue weighted by Crippen LogP contribution is 2.18. The van der Waals surface area contributed by atoms with Gasteiger partial charge in [-0.3, -0.25) is 4.99 Å². The molecule has 4 nitrogen and oxygen atoms in total. The second-order valence-electron chi connectivity index (χ2n) is 3.63. The molecule has 1 aromatic rings. The van der Waals surface area contributed by atoms with Crippen molar-refractivity contribution in [2.45, 2.75) is 12.5 Å². The maximum atomic E-state index is 9.64. The molecule has 0 saturated heterocycles. The fourth-order valence-electron chi connectivity index (χ4n) is 1.69. The molecule has 0 fully saturated rings. The van der Waals surface area contributed by atoms with Crippen molar-refractivity contribution in [3.05, 3.63) is 29.8 Å². The van der Waals surface area contributed by atoms with Crippen LogP contribution in [0, 0.1) is 0 Å². The third kappa shape index (κ3) is 2.10. The number of nitrogens with two attached hydrogens (primary N) is 1. The van der Waals surface area contributed by atoms with Gasteiger partial charge in [-0.1, -0.05) is 12.1 Å². The highest BCUT2D eigenvalue weighted by molar-refractivity contribution is 6.02. The summed E-state index contributed by atoms with van der Waals surface area (Å²) in [5.41, 5.74) is 6.24. The Hall–Kier alpha value is -1.55. The summed E-state index contributed by atoms with van der Waals surface area (Å²) in [5, 5.41) is 12.9. The predicted molar refractivity (Wildman–Crippen MR) is 60.1 cm³/mol. The summed E-state index contributed by atoms with van der Waals surface area (Å²) in [6.45, 7) is 1.39. The molecule has 4 heteroatoms. The Kier molecular flexibility index (Phi) is 2.87. The molecule has 1 unspecified atom stereocenters. The van der Waals surface area contributed by atoms with Crippen molar-refractivity contribution >= 4 is 5.84 Å². The number of hydrogen-bond donors (Lipinski definition) is 3. The molecule has 15 heavy (non-hydrogen) atoms.